The topological polar surface area (TPSA) is 64.3 Å². The molecular formula is C15H20BrClN2O2. The van der Waals surface area contributed by atoms with Crippen molar-refractivity contribution >= 4 is 33.4 Å². The van der Waals surface area contributed by atoms with E-state index >= 15 is 0 Å². The summed E-state index contributed by atoms with van der Waals surface area (Å²) in [6.07, 6.45) is 4.32. The molecule has 0 aliphatic heterocycles. The largest absolute Gasteiger partial charge is 0.376 e. The first-order chi connectivity index (χ1) is 10.1. The van der Waals surface area contributed by atoms with Gasteiger partial charge in [0.1, 0.15) is 0 Å². The number of nitrogens with one attached hydrogen (secondary N) is 1. The minimum atomic E-state index is -0.185. The monoisotopic (exact) mass is 374 g/mol. The average Bonchev–Trinajstić information content (AvgIpc) is 2.48. The third-order valence-electron chi connectivity index (χ3n) is 3.66. The zero-order chi connectivity index (χ0) is 15.2. The van der Waals surface area contributed by atoms with Gasteiger partial charge in [0.25, 0.3) is 5.91 Å². The first-order valence-corrected chi connectivity index (χ1v) is 8.34. The zero-order valence-electron chi connectivity index (χ0n) is 11.8. The Balaban J connectivity index is 1.71. The molecule has 0 bridgehead atoms. The maximum atomic E-state index is 12.0. The summed E-state index contributed by atoms with van der Waals surface area (Å²) in [7, 11) is 0. The van der Waals surface area contributed by atoms with Crippen LogP contribution in [-0.4, -0.2) is 31.2 Å². The van der Waals surface area contributed by atoms with Crippen LogP contribution in [0.1, 0.15) is 36.0 Å². The van der Waals surface area contributed by atoms with Crippen molar-refractivity contribution in [2.75, 3.05) is 13.2 Å². The number of halogens is 2. The summed E-state index contributed by atoms with van der Waals surface area (Å²) in [6.45, 7) is 0.988. The summed E-state index contributed by atoms with van der Waals surface area (Å²) < 4.78 is 6.47. The third-order valence-corrected chi connectivity index (χ3v) is 4.95. The molecule has 116 valence electrons. The second kappa shape index (κ2) is 8.13. The Hall–Kier alpha value is -0.620. The van der Waals surface area contributed by atoms with Gasteiger partial charge in [-0.3, -0.25) is 4.79 Å². The molecule has 1 amide bonds. The number of ether oxygens (including phenoxy) is 1. The fraction of sp³-hybridized carbons (Fsp3) is 0.533. The van der Waals surface area contributed by atoms with Crippen LogP contribution >= 0.6 is 27.5 Å². The predicted octanol–water partition coefficient (Wildman–Crippen LogP) is 3.12. The van der Waals surface area contributed by atoms with Crippen LogP contribution in [0.3, 0.4) is 0 Å². The van der Waals surface area contributed by atoms with Crippen molar-refractivity contribution in [1.82, 2.24) is 5.32 Å². The molecule has 6 heteroatoms. The molecule has 1 fully saturated rings. The number of nitrogens with two attached hydrogens (primary N) is 1. The fourth-order valence-corrected chi connectivity index (χ4v) is 3.00. The molecule has 0 unspecified atom stereocenters. The number of benzene rings is 1. The van der Waals surface area contributed by atoms with Gasteiger partial charge in [-0.1, -0.05) is 17.7 Å². The van der Waals surface area contributed by atoms with Crippen molar-refractivity contribution in [2.24, 2.45) is 5.73 Å². The molecule has 4 nitrogen and oxygen atoms in total. The molecule has 0 spiro atoms. The molecule has 0 atom stereocenters. The van der Waals surface area contributed by atoms with E-state index in [9.17, 15) is 4.79 Å². The van der Waals surface area contributed by atoms with Crippen molar-refractivity contribution in [3.63, 3.8) is 0 Å². The van der Waals surface area contributed by atoms with Gasteiger partial charge < -0.3 is 15.8 Å². The van der Waals surface area contributed by atoms with E-state index < -0.39 is 0 Å². The quantitative estimate of drug-likeness (QED) is 0.777. The molecule has 0 radical (unpaired) electrons. The molecule has 0 saturated heterocycles. The van der Waals surface area contributed by atoms with Crippen molar-refractivity contribution in [3.05, 3.63) is 33.3 Å². The van der Waals surface area contributed by atoms with E-state index in [1.807, 2.05) is 0 Å². The van der Waals surface area contributed by atoms with Gasteiger partial charge in [0.05, 0.1) is 23.3 Å². The summed E-state index contributed by atoms with van der Waals surface area (Å²) in [4.78, 5) is 12.0. The highest BCUT2D eigenvalue weighted by atomic mass is 79.9. The molecule has 0 heterocycles. The maximum Gasteiger partial charge on any atom is 0.252 e. The van der Waals surface area contributed by atoms with Gasteiger partial charge in [-0.2, -0.15) is 0 Å². The molecule has 1 aliphatic carbocycles. The van der Waals surface area contributed by atoms with Gasteiger partial charge in [0.2, 0.25) is 0 Å². The molecule has 1 aromatic carbocycles. The lowest BCUT2D eigenvalue weighted by Gasteiger charge is -2.26. The van der Waals surface area contributed by atoms with Crippen molar-refractivity contribution in [3.8, 4) is 0 Å². The lowest BCUT2D eigenvalue weighted by atomic mass is 9.94. The first kappa shape index (κ1) is 16.7. The number of amides is 1. The van der Waals surface area contributed by atoms with E-state index in [0.717, 1.165) is 25.7 Å². The van der Waals surface area contributed by atoms with E-state index in [0.29, 0.717) is 34.3 Å². The smallest absolute Gasteiger partial charge is 0.252 e. The lowest BCUT2D eigenvalue weighted by molar-refractivity contribution is 0.0267. The average molecular weight is 376 g/mol. The van der Waals surface area contributed by atoms with Gasteiger partial charge in [-0.25, -0.2) is 0 Å². The third kappa shape index (κ3) is 4.95. The Labute approximate surface area is 138 Å². The maximum absolute atomic E-state index is 12.0. The summed E-state index contributed by atoms with van der Waals surface area (Å²) in [5.41, 5.74) is 6.32. The van der Waals surface area contributed by atoms with Crippen molar-refractivity contribution < 1.29 is 9.53 Å². The predicted molar refractivity (Wildman–Crippen MR) is 87.7 cm³/mol. The fourth-order valence-electron chi connectivity index (χ4n) is 2.42. The normalized spacial score (nSPS) is 22.0. The van der Waals surface area contributed by atoms with Crippen LogP contribution in [0.5, 0.6) is 0 Å². The molecule has 2 rings (SSSR count). The molecule has 21 heavy (non-hydrogen) atoms. The molecule has 1 saturated carbocycles. The summed E-state index contributed by atoms with van der Waals surface area (Å²) in [5, 5.41) is 3.25. The van der Waals surface area contributed by atoms with Crippen LogP contribution in [0.4, 0.5) is 0 Å². The van der Waals surface area contributed by atoms with Crippen LogP contribution in [-0.2, 0) is 4.74 Å². The number of hydrogen-bond acceptors (Lipinski definition) is 3. The van der Waals surface area contributed by atoms with Crippen molar-refractivity contribution in [2.45, 2.75) is 37.8 Å². The number of carbonyl (C=O) groups is 1. The Morgan fingerprint density at radius 1 is 1.38 bits per heavy atom. The summed E-state index contributed by atoms with van der Waals surface area (Å²) in [5.74, 6) is -0.185. The lowest BCUT2D eigenvalue weighted by Crippen LogP contribution is -2.33. The van der Waals surface area contributed by atoms with Crippen LogP contribution in [0.15, 0.2) is 22.7 Å². The molecule has 1 aliphatic rings. The summed E-state index contributed by atoms with van der Waals surface area (Å²) in [6, 6.07) is 5.61. The van der Waals surface area contributed by atoms with Crippen LogP contribution in [0, 0.1) is 0 Å². The van der Waals surface area contributed by atoms with E-state index in [4.69, 9.17) is 22.1 Å². The second-order valence-corrected chi connectivity index (χ2v) is 6.50. The van der Waals surface area contributed by atoms with Crippen LogP contribution < -0.4 is 11.1 Å². The molecule has 3 N–H and O–H groups in total. The highest BCUT2D eigenvalue weighted by molar-refractivity contribution is 9.10. The number of hydrogen-bond donors (Lipinski definition) is 2. The highest BCUT2D eigenvalue weighted by Crippen LogP contribution is 2.25. The summed E-state index contributed by atoms with van der Waals surface area (Å²) >= 11 is 9.39. The van der Waals surface area contributed by atoms with E-state index in [2.05, 4.69) is 21.2 Å². The SMILES string of the molecule is NC1CCC(OCCNC(=O)c2cccc(Br)c2Cl)CC1. The number of rotatable bonds is 5. The molecular weight excluding hydrogens is 356 g/mol. The Morgan fingerprint density at radius 2 is 2.10 bits per heavy atom. The second-order valence-electron chi connectivity index (χ2n) is 5.26. The van der Waals surface area contributed by atoms with Gasteiger partial charge in [0.15, 0.2) is 0 Å². The Kier molecular flexibility index (Phi) is 6.48. The van der Waals surface area contributed by atoms with Gasteiger partial charge in [-0.05, 0) is 53.7 Å². The Morgan fingerprint density at radius 3 is 2.81 bits per heavy atom. The van der Waals surface area contributed by atoms with Crippen LogP contribution in [0.25, 0.3) is 0 Å². The molecule has 1 aromatic rings. The minimum Gasteiger partial charge on any atom is -0.376 e. The van der Waals surface area contributed by atoms with Gasteiger partial charge in [0, 0.05) is 17.1 Å². The molecule has 0 aromatic heterocycles. The van der Waals surface area contributed by atoms with E-state index in [1.165, 1.54) is 0 Å². The highest BCUT2D eigenvalue weighted by Gasteiger charge is 2.18. The van der Waals surface area contributed by atoms with Gasteiger partial charge in [-0.15, -0.1) is 0 Å². The Bertz CT molecular complexity index is 491. The first-order valence-electron chi connectivity index (χ1n) is 7.17. The van der Waals surface area contributed by atoms with E-state index in [-0.39, 0.29) is 12.0 Å². The van der Waals surface area contributed by atoms with Crippen molar-refractivity contribution in [1.29, 1.82) is 0 Å². The van der Waals surface area contributed by atoms with Crippen LogP contribution in [0.2, 0.25) is 5.02 Å². The van der Waals surface area contributed by atoms with E-state index in [1.54, 1.807) is 18.2 Å². The number of carbonyl (C=O) groups excluding carboxylic acids is 1. The van der Waals surface area contributed by atoms with Gasteiger partial charge >= 0.3 is 0 Å². The zero-order valence-corrected chi connectivity index (χ0v) is 14.1. The standard InChI is InChI=1S/C15H20BrClN2O2/c16-13-3-1-2-12(14(13)17)15(20)19-8-9-21-11-6-4-10(18)5-7-11/h1-3,10-11H,4-9,18H2,(H,19,20). The minimum absolute atomic E-state index is 0.185.